The molecule has 1 aliphatic heterocycles. The number of nitrogens with zero attached hydrogens (tertiary/aromatic N) is 2. The van der Waals surface area contributed by atoms with Crippen molar-refractivity contribution in [2.24, 2.45) is 0 Å². The molecular weight excluding hydrogens is 526 g/mol. The fraction of sp³-hybridized carbons (Fsp3) is 0.581. The summed E-state index contributed by atoms with van der Waals surface area (Å²) in [5, 5.41) is 3.16. The Labute approximate surface area is 240 Å². The van der Waals surface area contributed by atoms with Gasteiger partial charge in [-0.3, -0.25) is 4.79 Å². The molecule has 2 aromatic rings. The first kappa shape index (κ1) is 30.5. The van der Waals surface area contributed by atoms with Gasteiger partial charge in [0.1, 0.15) is 12.4 Å². The lowest BCUT2D eigenvalue weighted by molar-refractivity contribution is -0.128. The van der Waals surface area contributed by atoms with E-state index in [4.69, 9.17) is 9.47 Å². The van der Waals surface area contributed by atoms with Crippen molar-refractivity contribution in [3.05, 3.63) is 58.7 Å². The molecule has 1 heterocycles. The highest BCUT2D eigenvalue weighted by Gasteiger charge is 2.38. The molecular formula is C31H45N3O5S. The van der Waals surface area contributed by atoms with E-state index in [0.717, 1.165) is 32.1 Å². The predicted octanol–water partition coefficient (Wildman–Crippen LogP) is 4.00. The number of nitrogens with one attached hydrogen (secondary N) is 1. The first-order chi connectivity index (χ1) is 18.9. The van der Waals surface area contributed by atoms with Gasteiger partial charge in [0, 0.05) is 24.7 Å². The molecule has 2 fully saturated rings. The van der Waals surface area contributed by atoms with E-state index in [0.29, 0.717) is 34.7 Å². The van der Waals surface area contributed by atoms with E-state index >= 15 is 0 Å². The van der Waals surface area contributed by atoms with Crippen LogP contribution in [0.15, 0.2) is 41.3 Å². The van der Waals surface area contributed by atoms with Crippen molar-refractivity contribution in [2.45, 2.75) is 81.9 Å². The lowest BCUT2D eigenvalue weighted by Crippen LogP contribution is -2.52. The Morgan fingerprint density at radius 1 is 1.05 bits per heavy atom. The molecule has 2 aromatic carbocycles. The molecule has 2 aliphatic rings. The smallest absolute Gasteiger partial charge is 0.246 e. The van der Waals surface area contributed by atoms with Crippen LogP contribution in [0.3, 0.4) is 0 Å². The third-order valence-corrected chi connectivity index (χ3v) is 11.0. The molecule has 1 saturated carbocycles. The minimum absolute atomic E-state index is 0.0579. The zero-order valence-electron chi connectivity index (χ0n) is 24.8. The number of aryl methyl sites for hydroxylation is 3. The molecule has 1 atom stereocenters. The molecule has 220 valence electrons. The second kappa shape index (κ2) is 12.6. The quantitative estimate of drug-likeness (QED) is 0.464. The van der Waals surface area contributed by atoms with Gasteiger partial charge in [0.2, 0.25) is 15.9 Å². The molecule has 1 unspecified atom stereocenters. The average molecular weight is 572 g/mol. The lowest BCUT2D eigenvalue weighted by Gasteiger charge is -2.45. The summed E-state index contributed by atoms with van der Waals surface area (Å²) in [6.07, 6.45) is 5.14. The molecule has 1 N–H and O–H groups in total. The summed E-state index contributed by atoms with van der Waals surface area (Å²) in [5.74, 6) is 0.503. The third-order valence-electron chi connectivity index (χ3n) is 8.84. The van der Waals surface area contributed by atoms with E-state index in [1.807, 2.05) is 0 Å². The van der Waals surface area contributed by atoms with Crippen molar-refractivity contribution in [3.8, 4) is 5.75 Å². The van der Waals surface area contributed by atoms with Crippen LogP contribution in [-0.2, 0) is 26.0 Å². The molecule has 8 nitrogen and oxygen atoms in total. The molecule has 40 heavy (non-hydrogen) atoms. The number of carbonyl (C=O) groups excluding carboxylic acids is 1. The highest BCUT2D eigenvalue weighted by Crippen LogP contribution is 2.36. The van der Waals surface area contributed by atoms with Gasteiger partial charge in [-0.2, -0.15) is 4.31 Å². The van der Waals surface area contributed by atoms with Crippen molar-refractivity contribution in [1.82, 2.24) is 14.5 Å². The van der Waals surface area contributed by atoms with Gasteiger partial charge in [0.05, 0.1) is 18.1 Å². The van der Waals surface area contributed by atoms with Crippen LogP contribution in [0.5, 0.6) is 5.75 Å². The highest BCUT2D eigenvalue weighted by atomic mass is 32.2. The second-order valence-corrected chi connectivity index (χ2v) is 13.6. The molecule has 1 saturated heterocycles. The Morgan fingerprint density at radius 3 is 2.30 bits per heavy atom. The average Bonchev–Trinajstić information content (AvgIpc) is 3.39. The Kier molecular flexibility index (Phi) is 9.60. The van der Waals surface area contributed by atoms with Crippen molar-refractivity contribution in [3.63, 3.8) is 0 Å². The number of hydrogen-bond donors (Lipinski definition) is 1. The van der Waals surface area contributed by atoms with Gasteiger partial charge in [-0.25, -0.2) is 8.42 Å². The summed E-state index contributed by atoms with van der Waals surface area (Å²) in [7, 11) is 2.22. The largest absolute Gasteiger partial charge is 0.497 e. The van der Waals surface area contributed by atoms with Crippen molar-refractivity contribution >= 4 is 15.9 Å². The van der Waals surface area contributed by atoms with Crippen molar-refractivity contribution in [1.29, 1.82) is 0 Å². The number of amides is 1. The van der Waals surface area contributed by atoms with Crippen molar-refractivity contribution in [2.75, 3.05) is 40.9 Å². The Hall–Kier alpha value is -2.46. The fourth-order valence-corrected chi connectivity index (χ4v) is 8.22. The summed E-state index contributed by atoms with van der Waals surface area (Å²) in [6.45, 7) is 6.30. The monoisotopic (exact) mass is 571 g/mol. The molecule has 0 aromatic heterocycles. The van der Waals surface area contributed by atoms with Crippen LogP contribution in [-0.4, -0.2) is 82.1 Å². The molecule has 9 heteroatoms. The van der Waals surface area contributed by atoms with E-state index in [-0.39, 0.29) is 36.7 Å². The van der Waals surface area contributed by atoms with E-state index in [2.05, 4.69) is 55.5 Å². The number of hydrogen-bond acceptors (Lipinski definition) is 6. The maximum absolute atomic E-state index is 13.4. The van der Waals surface area contributed by atoms with Crippen LogP contribution in [0.25, 0.3) is 0 Å². The standard InChI is InChI=1S/C31H45N3O5S/c1-22-9-7-8-10-25(22)19-31(33(4)5)14-11-26(12-15-31)32-29(35)21-39-27-13-16-34(20-27)40(36,37)30-23(2)17-28(38-6)18-24(30)3/h7-10,17-18,26-27H,11-16,19-21H2,1-6H3,(H,32,35). The summed E-state index contributed by atoms with van der Waals surface area (Å²) >= 11 is 0. The van der Waals surface area contributed by atoms with E-state index < -0.39 is 10.0 Å². The highest BCUT2D eigenvalue weighted by molar-refractivity contribution is 7.89. The van der Waals surface area contributed by atoms with E-state index in [1.54, 1.807) is 33.1 Å². The van der Waals surface area contributed by atoms with Crippen LogP contribution < -0.4 is 10.1 Å². The minimum Gasteiger partial charge on any atom is -0.497 e. The van der Waals surface area contributed by atoms with Gasteiger partial charge in [-0.05, 0) is 108 Å². The number of ether oxygens (including phenoxy) is 2. The number of likely N-dealkylation sites (N-methyl/N-ethyl adjacent to an activating group) is 1. The summed E-state index contributed by atoms with van der Waals surface area (Å²) < 4.78 is 39.4. The fourth-order valence-electron chi connectivity index (χ4n) is 6.32. The normalized spacial score (nSPS) is 23.9. The topological polar surface area (TPSA) is 88.2 Å². The Morgan fingerprint density at radius 2 is 1.70 bits per heavy atom. The van der Waals surface area contributed by atoms with Gasteiger partial charge in [0.25, 0.3) is 0 Å². The zero-order valence-corrected chi connectivity index (χ0v) is 25.6. The summed E-state index contributed by atoms with van der Waals surface area (Å²) in [6, 6.07) is 12.2. The van der Waals surface area contributed by atoms with Crippen LogP contribution in [0, 0.1) is 20.8 Å². The first-order valence-corrected chi connectivity index (χ1v) is 15.7. The summed E-state index contributed by atoms with van der Waals surface area (Å²) in [5.41, 5.74) is 4.11. The molecule has 1 amide bonds. The predicted molar refractivity (Wildman–Crippen MR) is 157 cm³/mol. The van der Waals surface area contributed by atoms with Gasteiger partial charge in [-0.15, -0.1) is 0 Å². The maximum atomic E-state index is 13.4. The molecule has 0 radical (unpaired) electrons. The zero-order chi connectivity index (χ0) is 29.1. The van der Waals surface area contributed by atoms with Crippen LogP contribution in [0.1, 0.15) is 54.4 Å². The van der Waals surface area contributed by atoms with Gasteiger partial charge >= 0.3 is 0 Å². The lowest BCUT2D eigenvalue weighted by atomic mass is 9.74. The van der Waals surface area contributed by atoms with Gasteiger partial charge in [0.15, 0.2) is 0 Å². The first-order valence-electron chi connectivity index (χ1n) is 14.2. The molecule has 1 aliphatic carbocycles. The number of carbonyl (C=O) groups is 1. The van der Waals surface area contributed by atoms with Gasteiger partial charge in [-0.1, -0.05) is 24.3 Å². The maximum Gasteiger partial charge on any atom is 0.246 e. The van der Waals surface area contributed by atoms with Crippen LogP contribution in [0.4, 0.5) is 0 Å². The van der Waals surface area contributed by atoms with E-state index in [1.165, 1.54) is 15.4 Å². The second-order valence-electron chi connectivity index (χ2n) is 11.7. The molecule has 0 bridgehead atoms. The Bertz CT molecular complexity index is 1280. The number of benzene rings is 2. The SMILES string of the molecule is COc1cc(C)c(S(=O)(=O)N2CCC(OCC(=O)NC3CCC(Cc4ccccc4C)(N(C)C)CC3)C2)c(C)c1. The van der Waals surface area contributed by atoms with Crippen LogP contribution in [0.2, 0.25) is 0 Å². The van der Waals surface area contributed by atoms with Gasteiger partial charge < -0.3 is 19.7 Å². The van der Waals surface area contributed by atoms with Crippen LogP contribution >= 0.6 is 0 Å². The van der Waals surface area contributed by atoms with E-state index in [9.17, 15) is 13.2 Å². The minimum atomic E-state index is -3.67. The summed E-state index contributed by atoms with van der Waals surface area (Å²) in [4.78, 5) is 15.4. The number of methoxy groups -OCH3 is 1. The van der Waals surface area contributed by atoms with Crippen molar-refractivity contribution < 1.29 is 22.7 Å². The molecule has 0 spiro atoms. The number of rotatable bonds is 10. The Balaban J connectivity index is 1.27. The number of sulfonamides is 1. The molecule has 4 rings (SSSR count). The third kappa shape index (κ3) is 6.70.